The molecule has 0 aliphatic rings. The van der Waals surface area contributed by atoms with E-state index < -0.39 is 95.1 Å². The van der Waals surface area contributed by atoms with Crippen molar-refractivity contribution < 1.29 is 133 Å². The van der Waals surface area contributed by atoms with Crippen LogP contribution in [0.5, 0.6) is 5.75 Å². The number of nitrogens with zero attached hydrogens (tertiary/aromatic N) is 5. The largest absolute Gasteiger partial charge is 1.00 e. The minimum atomic E-state index is -5.49. The molecule has 0 spiro atoms. The summed E-state index contributed by atoms with van der Waals surface area (Å²) >= 11 is 11.5. The van der Waals surface area contributed by atoms with Crippen LogP contribution in [-0.4, -0.2) is 59.0 Å². The van der Waals surface area contributed by atoms with Gasteiger partial charge in [0.15, 0.2) is 5.75 Å². The summed E-state index contributed by atoms with van der Waals surface area (Å²) in [6, 6.07) is 5.39. The summed E-state index contributed by atoms with van der Waals surface area (Å²) in [5, 5.41) is 19.0. The first kappa shape index (κ1) is 41.5. The molecule has 0 bridgehead atoms. The third kappa shape index (κ3) is 9.73. The second kappa shape index (κ2) is 15.6. The molecule has 24 heteroatoms. The SMILES string of the molecule is Cc1ccc(N=Nc2c(S(=O)(=O)[O-])cc3cc(S(=O)(=O)[O-])cc(Nc4nc(Cl)nc(Cl)n4)c3c2O)c(S(=O)(=O)[O-])c1.[Na+].[Na+].[Na+]. The second-order valence-electron chi connectivity index (χ2n) is 8.00. The first-order valence-corrected chi connectivity index (χ1v) is 15.4. The zero-order chi connectivity index (χ0) is 30.5. The first-order valence-electron chi connectivity index (χ1n) is 10.4. The van der Waals surface area contributed by atoms with E-state index in [0.29, 0.717) is 17.7 Å². The van der Waals surface area contributed by atoms with E-state index in [2.05, 4.69) is 30.5 Å². The van der Waals surface area contributed by atoms with E-state index in [0.717, 1.165) is 18.2 Å². The Labute approximate surface area is 326 Å². The number of phenolic OH excluding ortho intramolecular Hbond substituents is 1. The van der Waals surface area contributed by atoms with Crippen molar-refractivity contribution in [3.63, 3.8) is 0 Å². The average molecular weight is 731 g/mol. The molecule has 0 aliphatic carbocycles. The van der Waals surface area contributed by atoms with Crippen LogP contribution in [0.2, 0.25) is 10.6 Å². The number of hydrogen-bond donors (Lipinski definition) is 2. The van der Waals surface area contributed by atoms with E-state index in [9.17, 15) is 44.0 Å². The summed E-state index contributed by atoms with van der Waals surface area (Å²) in [6.07, 6.45) is 0. The first-order chi connectivity index (χ1) is 18.8. The van der Waals surface area contributed by atoms with Crippen LogP contribution in [0.4, 0.5) is 23.0 Å². The number of fused-ring (bicyclic) bond motifs is 1. The molecule has 0 amide bonds. The number of hydrogen-bond acceptors (Lipinski definition) is 16. The maximum absolute atomic E-state index is 12.1. The number of nitrogens with one attached hydrogen (secondary N) is 1. The number of phenols is 1. The van der Waals surface area contributed by atoms with Gasteiger partial charge in [0.05, 0.1) is 20.4 Å². The monoisotopic (exact) mass is 730 g/mol. The zero-order valence-electron chi connectivity index (χ0n) is 22.8. The van der Waals surface area contributed by atoms with Crippen molar-refractivity contribution in [2.24, 2.45) is 10.2 Å². The number of anilines is 2. The third-order valence-electron chi connectivity index (χ3n) is 5.15. The van der Waals surface area contributed by atoms with Gasteiger partial charge in [0, 0.05) is 5.39 Å². The molecule has 16 nitrogen and oxygen atoms in total. The molecule has 1 heterocycles. The molecule has 0 radical (unpaired) electrons. The Morgan fingerprint density at radius 2 is 1.34 bits per heavy atom. The summed E-state index contributed by atoms with van der Waals surface area (Å²) in [5.74, 6) is -1.51. The van der Waals surface area contributed by atoms with Crippen LogP contribution in [0.1, 0.15) is 5.56 Å². The predicted molar refractivity (Wildman–Crippen MR) is 138 cm³/mol. The van der Waals surface area contributed by atoms with Crippen LogP contribution in [0.15, 0.2) is 61.3 Å². The smallest absolute Gasteiger partial charge is 0.744 e. The summed E-state index contributed by atoms with van der Waals surface area (Å²) < 4.78 is 107. The minimum Gasteiger partial charge on any atom is -0.744 e. The van der Waals surface area contributed by atoms with Gasteiger partial charge in [0.25, 0.3) is 0 Å². The van der Waals surface area contributed by atoms with Gasteiger partial charge in [-0.1, -0.05) is 6.07 Å². The van der Waals surface area contributed by atoms with Crippen molar-refractivity contribution in [3.05, 3.63) is 52.5 Å². The van der Waals surface area contributed by atoms with Gasteiger partial charge in [-0.3, -0.25) is 0 Å². The maximum atomic E-state index is 12.1. The van der Waals surface area contributed by atoms with Gasteiger partial charge in [-0.15, -0.1) is 10.2 Å². The molecule has 2 N–H and O–H groups in total. The number of aromatic hydroxyl groups is 1. The van der Waals surface area contributed by atoms with E-state index in [-0.39, 0.29) is 88.7 Å². The number of aromatic nitrogens is 3. The molecule has 0 unspecified atom stereocenters. The van der Waals surface area contributed by atoms with Crippen LogP contribution < -0.4 is 94.0 Å². The van der Waals surface area contributed by atoms with Crippen LogP contribution in [0.3, 0.4) is 0 Å². The molecule has 4 rings (SSSR count). The molecule has 0 aliphatic heterocycles. The Bertz CT molecular complexity index is 2100. The molecular weight excluding hydrogens is 720 g/mol. The molecule has 216 valence electrons. The fourth-order valence-corrected chi connectivity index (χ4v) is 5.74. The van der Waals surface area contributed by atoms with E-state index >= 15 is 0 Å². The van der Waals surface area contributed by atoms with Gasteiger partial charge < -0.3 is 24.1 Å². The standard InChI is InChI=1S/C20H14Cl2N6O10S3.3Na/c1-8-2-3-11(13(4-8)40(33,34)35)27-28-16-14(41(36,37)38)6-9-5-10(39(30,31)32)7-12(15(9)17(16)29)23-20-25-18(21)24-19(22)26-20;;;/h2-7,29H,1H3,(H,30,31,32)(H,33,34,35)(H,36,37,38)(H,23,24,25,26);;;/q;3*+1/p-3. The van der Waals surface area contributed by atoms with Crippen LogP contribution >= 0.6 is 23.2 Å². The van der Waals surface area contributed by atoms with Gasteiger partial charge in [0.2, 0.25) is 16.5 Å². The summed E-state index contributed by atoms with van der Waals surface area (Å²) in [5.41, 5.74) is -1.65. The number of halogens is 2. The zero-order valence-corrected chi connectivity index (χ0v) is 32.8. The van der Waals surface area contributed by atoms with Crippen molar-refractivity contribution in [2.75, 3.05) is 5.32 Å². The van der Waals surface area contributed by atoms with Crippen molar-refractivity contribution in [2.45, 2.75) is 21.6 Å². The predicted octanol–water partition coefficient (Wildman–Crippen LogP) is -5.77. The Morgan fingerprint density at radius 1 is 0.773 bits per heavy atom. The molecule has 3 aromatic carbocycles. The Balaban J connectivity index is 0.00000323. The quantitative estimate of drug-likeness (QED) is 0.102. The minimum absolute atomic E-state index is 0. The molecule has 0 atom stereocenters. The van der Waals surface area contributed by atoms with Gasteiger partial charge in [-0.05, 0) is 71.4 Å². The second-order valence-corrected chi connectivity index (χ2v) is 12.7. The van der Waals surface area contributed by atoms with Gasteiger partial charge in [-0.25, -0.2) is 25.3 Å². The van der Waals surface area contributed by atoms with Crippen molar-refractivity contribution in [3.8, 4) is 5.75 Å². The fraction of sp³-hybridized carbons (Fsp3) is 0.0500. The maximum Gasteiger partial charge on any atom is 1.00 e. The molecule has 0 saturated carbocycles. The van der Waals surface area contributed by atoms with Crippen LogP contribution in [0.25, 0.3) is 10.8 Å². The number of rotatable bonds is 7. The molecule has 4 aromatic rings. The number of benzene rings is 3. The fourth-order valence-electron chi connectivity index (χ4n) is 3.50. The molecule has 1 aromatic heterocycles. The molecule has 0 fully saturated rings. The molecular formula is C20H11Cl2N6Na3O10S3. The summed E-state index contributed by atoms with van der Waals surface area (Å²) in [7, 11) is -15.8. The normalized spacial score (nSPS) is 11.9. The van der Waals surface area contributed by atoms with E-state index in [4.69, 9.17) is 23.2 Å². The average Bonchev–Trinajstić information content (AvgIpc) is 2.81. The molecule has 44 heavy (non-hydrogen) atoms. The summed E-state index contributed by atoms with van der Waals surface area (Å²) in [6.45, 7) is 1.48. The van der Waals surface area contributed by atoms with Gasteiger partial charge >= 0.3 is 88.7 Å². The van der Waals surface area contributed by atoms with E-state index in [1.165, 1.54) is 13.0 Å². The number of aryl methyl sites for hydroxylation is 1. The van der Waals surface area contributed by atoms with Crippen LogP contribution in [-0.2, 0) is 30.4 Å². The van der Waals surface area contributed by atoms with Crippen molar-refractivity contribution in [1.82, 2.24) is 15.0 Å². The topological polar surface area (TPSA) is 267 Å². The molecule has 0 saturated heterocycles. The Morgan fingerprint density at radius 3 is 1.86 bits per heavy atom. The van der Waals surface area contributed by atoms with E-state index in [1.54, 1.807) is 0 Å². The van der Waals surface area contributed by atoms with Crippen molar-refractivity contribution in [1.29, 1.82) is 0 Å². The Kier molecular flexibility index (Phi) is 14.7. The third-order valence-corrected chi connectivity index (χ3v) is 8.02. The van der Waals surface area contributed by atoms with Crippen molar-refractivity contribution >= 4 is 87.3 Å². The van der Waals surface area contributed by atoms with E-state index in [1.807, 2.05) is 0 Å². The Hall–Kier alpha value is -0.560. The number of azo groups is 1. The van der Waals surface area contributed by atoms with Gasteiger partial charge in [-0.2, -0.15) is 15.0 Å². The van der Waals surface area contributed by atoms with Gasteiger partial charge in [0.1, 0.15) is 41.7 Å². The van der Waals surface area contributed by atoms with Crippen LogP contribution in [0, 0.1) is 6.92 Å². The summed E-state index contributed by atoms with van der Waals surface area (Å²) in [4.78, 5) is 7.97.